The van der Waals surface area contributed by atoms with Gasteiger partial charge in [-0.05, 0) is 25.0 Å². The van der Waals surface area contributed by atoms with E-state index < -0.39 is 14.8 Å². The van der Waals surface area contributed by atoms with E-state index in [2.05, 4.69) is 5.32 Å². The summed E-state index contributed by atoms with van der Waals surface area (Å²) in [5, 5.41) is 14.0. The van der Waals surface area contributed by atoms with Crippen molar-refractivity contribution < 1.29 is 18.1 Å². The molecule has 0 unspecified atom stereocenters. The second-order valence-corrected chi connectivity index (χ2v) is 6.62. The van der Waals surface area contributed by atoms with Gasteiger partial charge in [-0.3, -0.25) is 10.1 Å². The van der Waals surface area contributed by atoms with Gasteiger partial charge in [-0.25, -0.2) is 8.42 Å². The molecule has 0 aliphatic rings. The lowest BCUT2D eigenvalue weighted by atomic mass is 10.2. The van der Waals surface area contributed by atoms with Gasteiger partial charge in [0.2, 0.25) is 0 Å². The Kier molecular flexibility index (Phi) is 6.57. The summed E-state index contributed by atoms with van der Waals surface area (Å²) in [4.78, 5) is 10.4. The standard InChI is InChI=1S/C13H20N2O5S/c1-3-8-20-9-4-7-14-12-6-5-11(21(2,18)19)10-13(12)15(16)17/h5-6,10,14H,3-4,7-9H2,1-2H3. The molecule has 0 aromatic heterocycles. The molecule has 0 spiro atoms. The molecule has 7 nitrogen and oxygen atoms in total. The van der Waals surface area contributed by atoms with Crippen LogP contribution in [0.25, 0.3) is 0 Å². The van der Waals surface area contributed by atoms with E-state index in [-0.39, 0.29) is 10.6 Å². The van der Waals surface area contributed by atoms with Crippen LogP contribution in [-0.4, -0.2) is 39.4 Å². The molecule has 0 amide bonds. The number of sulfone groups is 1. The van der Waals surface area contributed by atoms with E-state index in [4.69, 9.17) is 4.74 Å². The van der Waals surface area contributed by atoms with Crippen molar-refractivity contribution in [2.45, 2.75) is 24.7 Å². The van der Waals surface area contributed by atoms with Gasteiger partial charge in [0.1, 0.15) is 5.69 Å². The smallest absolute Gasteiger partial charge is 0.293 e. The number of benzene rings is 1. The molecule has 0 fully saturated rings. The number of rotatable bonds is 9. The molecule has 0 aliphatic carbocycles. The van der Waals surface area contributed by atoms with Gasteiger partial charge < -0.3 is 10.1 Å². The van der Waals surface area contributed by atoms with Crippen LogP contribution >= 0.6 is 0 Å². The van der Waals surface area contributed by atoms with Gasteiger partial charge in [-0.15, -0.1) is 0 Å². The molecule has 1 aromatic carbocycles. The first kappa shape index (κ1) is 17.4. The predicted molar refractivity (Wildman–Crippen MR) is 80.4 cm³/mol. The lowest BCUT2D eigenvalue weighted by molar-refractivity contribution is -0.384. The van der Waals surface area contributed by atoms with Crippen molar-refractivity contribution in [1.82, 2.24) is 0 Å². The zero-order chi connectivity index (χ0) is 15.9. The number of nitrogens with zero attached hydrogens (tertiary/aromatic N) is 1. The number of anilines is 1. The van der Waals surface area contributed by atoms with E-state index in [9.17, 15) is 18.5 Å². The fourth-order valence-electron chi connectivity index (χ4n) is 1.69. The second kappa shape index (κ2) is 7.94. The minimum absolute atomic E-state index is 0.0639. The lowest BCUT2D eigenvalue weighted by Crippen LogP contribution is -2.08. The van der Waals surface area contributed by atoms with Crippen molar-refractivity contribution in [1.29, 1.82) is 0 Å². The summed E-state index contributed by atoms with van der Waals surface area (Å²) < 4.78 is 28.1. The van der Waals surface area contributed by atoms with E-state index in [0.29, 0.717) is 31.9 Å². The predicted octanol–water partition coefficient (Wildman–Crippen LogP) is 2.23. The van der Waals surface area contributed by atoms with Crippen LogP contribution in [0.3, 0.4) is 0 Å². The van der Waals surface area contributed by atoms with Gasteiger partial charge >= 0.3 is 0 Å². The summed E-state index contributed by atoms with van der Waals surface area (Å²) in [6.07, 6.45) is 2.68. The van der Waals surface area contributed by atoms with Crippen LogP contribution in [0.1, 0.15) is 19.8 Å². The number of ether oxygens (including phenoxy) is 1. The van der Waals surface area contributed by atoms with E-state index in [1.165, 1.54) is 12.1 Å². The highest BCUT2D eigenvalue weighted by atomic mass is 32.2. The third-order valence-electron chi connectivity index (χ3n) is 2.72. The quantitative estimate of drug-likeness (QED) is 0.426. The van der Waals surface area contributed by atoms with Crippen LogP contribution < -0.4 is 5.32 Å². The molecular formula is C13H20N2O5S. The number of hydrogen-bond acceptors (Lipinski definition) is 6. The molecule has 1 aromatic rings. The van der Waals surface area contributed by atoms with E-state index >= 15 is 0 Å². The Hall–Kier alpha value is -1.67. The number of nitrogens with one attached hydrogen (secondary N) is 1. The van der Waals surface area contributed by atoms with Crippen molar-refractivity contribution >= 4 is 21.2 Å². The molecule has 118 valence electrons. The van der Waals surface area contributed by atoms with Gasteiger partial charge in [-0.2, -0.15) is 0 Å². The second-order valence-electron chi connectivity index (χ2n) is 4.60. The molecule has 0 saturated heterocycles. The summed E-state index contributed by atoms with van der Waals surface area (Å²) in [6.45, 7) is 3.81. The van der Waals surface area contributed by atoms with Gasteiger partial charge in [0.15, 0.2) is 9.84 Å². The maximum absolute atomic E-state index is 11.4. The molecule has 1 rings (SSSR count). The van der Waals surface area contributed by atoms with Crippen LogP contribution in [-0.2, 0) is 14.6 Å². The van der Waals surface area contributed by atoms with Crippen molar-refractivity contribution in [3.05, 3.63) is 28.3 Å². The molecular weight excluding hydrogens is 296 g/mol. The van der Waals surface area contributed by atoms with Crippen molar-refractivity contribution in [3.63, 3.8) is 0 Å². The summed E-state index contributed by atoms with van der Waals surface area (Å²) in [5.41, 5.74) is 0.0651. The van der Waals surface area contributed by atoms with Crippen molar-refractivity contribution in [2.24, 2.45) is 0 Å². The Labute approximate surface area is 124 Å². The Bertz CT molecular complexity index is 586. The van der Waals surface area contributed by atoms with E-state index in [0.717, 1.165) is 18.7 Å². The molecule has 0 atom stereocenters. The summed E-state index contributed by atoms with van der Waals surface area (Å²) in [7, 11) is -3.46. The van der Waals surface area contributed by atoms with Gasteiger partial charge in [-0.1, -0.05) is 6.92 Å². The average molecular weight is 316 g/mol. The van der Waals surface area contributed by atoms with Crippen LogP contribution in [0.5, 0.6) is 0 Å². The Balaban J connectivity index is 2.72. The molecule has 0 heterocycles. The lowest BCUT2D eigenvalue weighted by Gasteiger charge is -2.08. The van der Waals surface area contributed by atoms with Gasteiger partial charge in [0.25, 0.3) is 5.69 Å². The molecule has 1 N–H and O–H groups in total. The van der Waals surface area contributed by atoms with Gasteiger partial charge in [0.05, 0.1) is 9.82 Å². The highest BCUT2D eigenvalue weighted by Crippen LogP contribution is 2.27. The first-order valence-corrected chi connectivity index (χ1v) is 8.55. The number of nitro groups is 1. The fourth-order valence-corrected chi connectivity index (χ4v) is 2.33. The minimum atomic E-state index is -3.46. The molecule has 21 heavy (non-hydrogen) atoms. The van der Waals surface area contributed by atoms with Crippen LogP contribution in [0, 0.1) is 10.1 Å². The Morgan fingerprint density at radius 3 is 2.62 bits per heavy atom. The first-order chi connectivity index (χ1) is 9.86. The Morgan fingerprint density at radius 1 is 1.33 bits per heavy atom. The Morgan fingerprint density at radius 2 is 2.05 bits per heavy atom. The molecule has 0 bridgehead atoms. The number of hydrogen-bond donors (Lipinski definition) is 1. The van der Waals surface area contributed by atoms with E-state index in [1.54, 1.807) is 0 Å². The third-order valence-corrected chi connectivity index (χ3v) is 3.83. The molecule has 8 heteroatoms. The summed E-state index contributed by atoms with van der Waals surface area (Å²) in [5.74, 6) is 0. The highest BCUT2D eigenvalue weighted by molar-refractivity contribution is 7.90. The van der Waals surface area contributed by atoms with E-state index in [1.807, 2.05) is 6.92 Å². The molecule has 0 radical (unpaired) electrons. The van der Waals surface area contributed by atoms with Crippen molar-refractivity contribution in [2.75, 3.05) is 31.3 Å². The van der Waals surface area contributed by atoms with Crippen molar-refractivity contribution in [3.8, 4) is 0 Å². The maximum atomic E-state index is 11.4. The summed E-state index contributed by atoms with van der Waals surface area (Å²) >= 11 is 0. The zero-order valence-electron chi connectivity index (χ0n) is 12.2. The first-order valence-electron chi connectivity index (χ1n) is 6.66. The summed E-state index contributed by atoms with van der Waals surface area (Å²) in [6, 6.07) is 3.85. The average Bonchev–Trinajstić information content (AvgIpc) is 2.41. The largest absolute Gasteiger partial charge is 0.381 e. The van der Waals surface area contributed by atoms with Crippen LogP contribution in [0.15, 0.2) is 23.1 Å². The maximum Gasteiger partial charge on any atom is 0.293 e. The normalized spacial score (nSPS) is 11.3. The monoisotopic (exact) mass is 316 g/mol. The minimum Gasteiger partial charge on any atom is -0.381 e. The molecule has 0 saturated carbocycles. The van der Waals surface area contributed by atoms with Crippen LogP contribution in [0.4, 0.5) is 11.4 Å². The zero-order valence-corrected chi connectivity index (χ0v) is 13.0. The molecule has 0 aliphatic heterocycles. The van der Waals surface area contributed by atoms with Crippen LogP contribution in [0.2, 0.25) is 0 Å². The number of nitro benzene ring substituents is 1. The highest BCUT2D eigenvalue weighted by Gasteiger charge is 2.18. The van der Waals surface area contributed by atoms with Gasteiger partial charge in [0, 0.05) is 32.1 Å². The SMILES string of the molecule is CCCOCCCNc1ccc(S(C)(=O)=O)cc1[N+](=O)[O-]. The fraction of sp³-hybridized carbons (Fsp3) is 0.538. The third kappa shape index (κ3) is 5.68. The topological polar surface area (TPSA) is 98.5 Å².